The molecule has 16 heavy (non-hydrogen) atoms. The zero-order valence-electron chi connectivity index (χ0n) is 11.6. The maximum atomic E-state index is 5.93. The summed E-state index contributed by atoms with van der Waals surface area (Å²) in [6.07, 6.45) is 6.38. The summed E-state index contributed by atoms with van der Waals surface area (Å²) in [7, 11) is 0. The van der Waals surface area contributed by atoms with E-state index in [2.05, 4.69) is 33.0 Å². The molecule has 0 heterocycles. The smallest absolute Gasteiger partial charge is 0.00725 e. The molecule has 0 aliphatic heterocycles. The molecule has 1 atom stereocenters. The Morgan fingerprint density at radius 2 is 1.94 bits per heavy atom. The summed E-state index contributed by atoms with van der Waals surface area (Å²) >= 11 is 0. The van der Waals surface area contributed by atoms with Crippen LogP contribution in [0.4, 0.5) is 0 Å². The fourth-order valence-electron chi connectivity index (χ4n) is 2.83. The second-order valence-corrected chi connectivity index (χ2v) is 6.40. The minimum absolute atomic E-state index is 0.326. The summed E-state index contributed by atoms with van der Waals surface area (Å²) in [6, 6.07) is 0.721. The number of hydrogen-bond donors (Lipinski definition) is 2. The molecule has 0 radical (unpaired) electrons. The van der Waals surface area contributed by atoms with Crippen molar-refractivity contribution in [2.45, 2.75) is 65.8 Å². The number of rotatable bonds is 6. The fourth-order valence-corrected chi connectivity index (χ4v) is 2.83. The quantitative estimate of drug-likeness (QED) is 0.731. The molecule has 2 nitrogen and oxygen atoms in total. The molecule has 0 saturated heterocycles. The molecule has 0 aromatic heterocycles. The van der Waals surface area contributed by atoms with Crippen LogP contribution in [0.15, 0.2) is 0 Å². The van der Waals surface area contributed by atoms with Crippen LogP contribution < -0.4 is 11.1 Å². The third-order valence-electron chi connectivity index (χ3n) is 4.67. The standard InChI is InChI=1S/C14H30N2/c1-5-14(6-2,10-15)11-16-12-7-8-13(3,4)9-12/h12,16H,5-11,15H2,1-4H3. The summed E-state index contributed by atoms with van der Waals surface area (Å²) in [4.78, 5) is 0. The van der Waals surface area contributed by atoms with Crippen molar-refractivity contribution in [3.05, 3.63) is 0 Å². The lowest BCUT2D eigenvalue weighted by Crippen LogP contribution is -2.43. The lowest BCUT2D eigenvalue weighted by atomic mass is 9.82. The Balaban J connectivity index is 2.39. The Labute approximate surface area is 101 Å². The average molecular weight is 226 g/mol. The molecule has 1 aliphatic rings. The van der Waals surface area contributed by atoms with Gasteiger partial charge in [-0.05, 0) is 49.5 Å². The van der Waals surface area contributed by atoms with Gasteiger partial charge < -0.3 is 11.1 Å². The molecule has 3 N–H and O–H groups in total. The van der Waals surface area contributed by atoms with Gasteiger partial charge in [-0.2, -0.15) is 0 Å². The topological polar surface area (TPSA) is 38.0 Å². The Hall–Kier alpha value is -0.0800. The third-order valence-corrected chi connectivity index (χ3v) is 4.67. The molecule has 1 saturated carbocycles. The van der Waals surface area contributed by atoms with Gasteiger partial charge in [0.1, 0.15) is 0 Å². The highest BCUT2D eigenvalue weighted by atomic mass is 14.9. The van der Waals surface area contributed by atoms with E-state index in [1.54, 1.807) is 0 Å². The van der Waals surface area contributed by atoms with Gasteiger partial charge >= 0.3 is 0 Å². The van der Waals surface area contributed by atoms with E-state index in [4.69, 9.17) is 5.73 Å². The molecule has 1 aliphatic carbocycles. The van der Waals surface area contributed by atoms with Crippen LogP contribution in [-0.2, 0) is 0 Å². The minimum atomic E-state index is 0.326. The van der Waals surface area contributed by atoms with Crippen molar-refractivity contribution in [1.29, 1.82) is 0 Å². The predicted molar refractivity (Wildman–Crippen MR) is 71.5 cm³/mol. The Morgan fingerprint density at radius 3 is 2.31 bits per heavy atom. The zero-order valence-corrected chi connectivity index (χ0v) is 11.6. The molecule has 2 heteroatoms. The van der Waals surface area contributed by atoms with Gasteiger partial charge in [-0.25, -0.2) is 0 Å². The van der Waals surface area contributed by atoms with Gasteiger partial charge in [-0.3, -0.25) is 0 Å². The normalized spacial score (nSPS) is 24.9. The molecule has 0 bridgehead atoms. The average Bonchev–Trinajstić information content (AvgIpc) is 2.61. The van der Waals surface area contributed by atoms with Crippen molar-refractivity contribution >= 4 is 0 Å². The van der Waals surface area contributed by atoms with Gasteiger partial charge in [0.25, 0.3) is 0 Å². The van der Waals surface area contributed by atoms with Crippen LogP contribution in [0.25, 0.3) is 0 Å². The maximum Gasteiger partial charge on any atom is 0.00725 e. The van der Waals surface area contributed by atoms with E-state index < -0.39 is 0 Å². The fraction of sp³-hybridized carbons (Fsp3) is 1.00. The third kappa shape index (κ3) is 3.46. The lowest BCUT2D eigenvalue weighted by molar-refractivity contribution is 0.243. The molecule has 0 amide bonds. The SMILES string of the molecule is CCC(CC)(CN)CNC1CCC(C)(C)C1. The highest BCUT2D eigenvalue weighted by Crippen LogP contribution is 2.37. The van der Waals surface area contributed by atoms with Crippen molar-refractivity contribution in [2.24, 2.45) is 16.6 Å². The highest BCUT2D eigenvalue weighted by molar-refractivity contribution is 4.89. The molecule has 0 spiro atoms. The van der Waals surface area contributed by atoms with Crippen molar-refractivity contribution in [3.8, 4) is 0 Å². The molecule has 0 aromatic carbocycles. The van der Waals surface area contributed by atoms with Gasteiger partial charge in [0.2, 0.25) is 0 Å². The van der Waals surface area contributed by atoms with Crippen molar-refractivity contribution < 1.29 is 0 Å². The van der Waals surface area contributed by atoms with Crippen LogP contribution >= 0.6 is 0 Å². The summed E-state index contributed by atoms with van der Waals surface area (Å²) in [5, 5.41) is 3.75. The molecule has 1 unspecified atom stereocenters. The van der Waals surface area contributed by atoms with Crippen LogP contribution in [0.2, 0.25) is 0 Å². The van der Waals surface area contributed by atoms with Crippen LogP contribution in [0.5, 0.6) is 0 Å². The van der Waals surface area contributed by atoms with E-state index in [1.165, 1.54) is 32.1 Å². The van der Waals surface area contributed by atoms with Crippen molar-refractivity contribution in [3.63, 3.8) is 0 Å². The van der Waals surface area contributed by atoms with E-state index in [0.717, 1.165) is 19.1 Å². The second-order valence-electron chi connectivity index (χ2n) is 6.40. The Bertz CT molecular complexity index is 199. The zero-order chi connectivity index (χ0) is 12.2. The van der Waals surface area contributed by atoms with E-state index in [9.17, 15) is 0 Å². The summed E-state index contributed by atoms with van der Waals surface area (Å²) in [6.45, 7) is 11.2. The molecule has 1 rings (SSSR count). The lowest BCUT2D eigenvalue weighted by Gasteiger charge is -2.32. The van der Waals surface area contributed by atoms with Gasteiger partial charge in [0.05, 0.1) is 0 Å². The Kier molecular flexibility index (Phi) is 4.81. The largest absolute Gasteiger partial charge is 0.330 e. The number of hydrogen-bond acceptors (Lipinski definition) is 2. The van der Waals surface area contributed by atoms with Crippen molar-refractivity contribution in [1.82, 2.24) is 5.32 Å². The van der Waals surface area contributed by atoms with Crippen LogP contribution in [-0.4, -0.2) is 19.1 Å². The summed E-state index contributed by atoms with van der Waals surface area (Å²) < 4.78 is 0. The van der Waals surface area contributed by atoms with Crippen molar-refractivity contribution in [2.75, 3.05) is 13.1 Å². The van der Waals surface area contributed by atoms with E-state index in [0.29, 0.717) is 10.8 Å². The highest BCUT2D eigenvalue weighted by Gasteiger charge is 2.32. The Morgan fingerprint density at radius 1 is 1.31 bits per heavy atom. The van der Waals surface area contributed by atoms with Gasteiger partial charge in [0.15, 0.2) is 0 Å². The van der Waals surface area contributed by atoms with Gasteiger partial charge in [0, 0.05) is 12.6 Å². The van der Waals surface area contributed by atoms with E-state index in [1.807, 2.05) is 0 Å². The monoisotopic (exact) mass is 226 g/mol. The van der Waals surface area contributed by atoms with Gasteiger partial charge in [-0.1, -0.05) is 27.7 Å². The molecular formula is C14H30N2. The molecule has 1 fully saturated rings. The van der Waals surface area contributed by atoms with E-state index >= 15 is 0 Å². The first kappa shape index (κ1) is 14.0. The first-order valence-electron chi connectivity index (χ1n) is 6.90. The molecule has 96 valence electrons. The first-order valence-corrected chi connectivity index (χ1v) is 6.90. The van der Waals surface area contributed by atoms with Crippen LogP contribution in [0.3, 0.4) is 0 Å². The second kappa shape index (κ2) is 5.50. The molecule has 0 aromatic rings. The first-order chi connectivity index (χ1) is 7.47. The van der Waals surface area contributed by atoms with Gasteiger partial charge in [-0.15, -0.1) is 0 Å². The summed E-state index contributed by atoms with van der Waals surface area (Å²) in [5.74, 6) is 0. The van der Waals surface area contributed by atoms with E-state index in [-0.39, 0.29) is 0 Å². The minimum Gasteiger partial charge on any atom is -0.330 e. The molecular weight excluding hydrogens is 196 g/mol. The van der Waals surface area contributed by atoms with Crippen LogP contribution in [0, 0.1) is 10.8 Å². The number of nitrogens with one attached hydrogen (secondary N) is 1. The predicted octanol–water partition coefficient (Wildman–Crippen LogP) is 2.92. The van der Waals surface area contributed by atoms with Crippen LogP contribution in [0.1, 0.15) is 59.8 Å². The number of nitrogens with two attached hydrogens (primary N) is 1. The summed E-state index contributed by atoms with van der Waals surface area (Å²) in [5.41, 5.74) is 6.80. The maximum absolute atomic E-state index is 5.93.